The van der Waals surface area contributed by atoms with Gasteiger partial charge in [0.2, 0.25) is 5.91 Å². The van der Waals surface area contributed by atoms with E-state index in [2.05, 4.69) is 33.9 Å². The van der Waals surface area contributed by atoms with E-state index >= 15 is 0 Å². The van der Waals surface area contributed by atoms with E-state index in [1.54, 1.807) is 12.0 Å². The van der Waals surface area contributed by atoms with Gasteiger partial charge >= 0.3 is 5.97 Å². The minimum Gasteiger partial charge on any atom is -0.467 e. The summed E-state index contributed by atoms with van der Waals surface area (Å²) in [7, 11) is 1.24. The van der Waals surface area contributed by atoms with E-state index in [-0.39, 0.29) is 35.5 Å². The molecule has 0 spiro atoms. The zero-order valence-electron chi connectivity index (χ0n) is 25.7. The summed E-state index contributed by atoms with van der Waals surface area (Å²) in [4.78, 5) is 27.1. The standard InChI is InChI=1S/C30H53NO7Si/c1-22(14-11-13-19-37-39(8,9)29(3,4)5)26(35-6)20-24-17-16-23(2)30(34,38-24)21-27(32)31-18-12-10-15-25(31)28(33)36-7/h11,13-14,23-26,34H,10,12,15-21H2,1-9H3/b13-11+,22-14+/t23-,24+,25+,26+,30+/m1/s1. The van der Waals surface area contributed by atoms with Gasteiger partial charge in [0.25, 0.3) is 0 Å². The van der Waals surface area contributed by atoms with E-state index in [0.29, 0.717) is 26.0 Å². The number of rotatable bonds is 11. The minimum atomic E-state index is -1.78. The third-order valence-corrected chi connectivity index (χ3v) is 13.4. The zero-order valence-corrected chi connectivity index (χ0v) is 26.7. The molecule has 0 saturated carbocycles. The number of allylic oxidation sites excluding steroid dienone is 2. The molecule has 2 rings (SSSR count). The lowest BCUT2D eigenvalue weighted by Gasteiger charge is -2.44. The minimum absolute atomic E-state index is 0.175. The molecule has 2 heterocycles. The van der Waals surface area contributed by atoms with Crippen LogP contribution in [0, 0.1) is 5.92 Å². The van der Waals surface area contributed by atoms with Crippen LogP contribution in [0.25, 0.3) is 0 Å². The Morgan fingerprint density at radius 1 is 1.18 bits per heavy atom. The molecule has 0 bridgehead atoms. The Labute approximate surface area is 237 Å². The molecule has 1 N–H and O–H groups in total. The first-order valence-corrected chi connectivity index (χ1v) is 17.3. The van der Waals surface area contributed by atoms with Crippen molar-refractivity contribution in [3.63, 3.8) is 0 Å². The highest BCUT2D eigenvalue weighted by Gasteiger charge is 2.45. The highest BCUT2D eigenvalue weighted by molar-refractivity contribution is 6.74. The Bertz CT molecular complexity index is 881. The van der Waals surface area contributed by atoms with E-state index in [0.717, 1.165) is 31.3 Å². The first kappa shape index (κ1) is 33.7. The molecule has 2 saturated heterocycles. The number of hydrogen-bond acceptors (Lipinski definition) is 7. The molecular formula is C30H53NO7Si. The predicted molar refractivity (Wildman–Crippen MR) is 156 cm³/mol. The van der Waals surface area contributed by atoms with Crippen molar-refractivity contribution >= 4 is 20.2 Å². The van der Waals surface area contributed by atoms with Crippen LogP contribution in [0.3, 0.4) is 0 Å². The van der Waals surface area contributed by atoms with Gasteiger partial charge in [0.15, 0.2) is 14.1 Å². The number of carbonyl (C=O) groups is 2. The molecule has 9 heteroatoms. The largest absolute Gasteiger partial charge is 0.467 e. The predicted octanol–water partition coefficient (Wildman–Crippen LogP) is 5.36. The highest BCUT2D eigenvalue weighted by Crippen LogP contribution is 2.38. The first-order valence-electron chi connectivity index (χ1n) is 14.4. The molecule has 0 aliphatic carbocycles. The quantitative estimate of drug-likeness (QED) is 0.204. The van der Waals surface area contributed by atoms with Crippen molar-refractivity contribution < 1.29 is 33.3 Å². The van der Waals surface area contributed by atoms with E-state index in [9.17, 15) is 14.7 Å². The molecule has 39 heavy (non-hydrogen) atoms. The Balaban J connectivity index is 2.00. The Morgan fingerprint density at radius 3 is 2.49 bits per heavy atom. The maximum absolute atomic E-state index is 13.3. The molecule has 0 aromatic rings. The molecule has 0 radical (unpaired) electrons. The van der Waals surface area contributed by atoms with E-state index < -0.39 is 26.1 Å². The number of hydrogen-bond donors (Lipinski definition) is 1. The lowest BCUT2D eigenvalue weighted by Crippen LogP contribution is -2.54. The van der Waals surface area contributed by atoms with Crippen LogP contribution < -0.4 is 0 Å². The number of aliphatic hydroxyl groups is 1. The summed E-state index contributed by atoms with van der Waals surface area (Å²) in [6, 6.07) is -0.597. The average molecular weight is 568 g/mol. The molecule has 2 fully saturated rings. The summed E-state index contributed by atoms with van der Waals surface area (Å²) in [5.41, 5.74) is 1.05. The fraction of sp³-hybridized carbons (Fsp3) is 0.800. The van der Waals surface area contributed by atoms with Crippen LogP contribution in [0.2, 0.25) is 18.1 Å². The number of piperidine rings is 1. The Morgan fingerprint density at radius 2 is 1.87 bits per heavy atom. The van der Waals surface area contributed by atoms with E-state index in [1.807, 2.05) is 32.1 Å². The van der Waals surface area contributed by atoms with Gasteiger partial charge in [-0.2, -0.15) is 0 Å². The number of carbonyl (C=O) groups excluding carboxylic acids is 2. The van der Waals surface area contributed by atoms with Crippen LogP contribution in [0.5, 0.6) is 0 Å². The van der Waals surface area contributed by atoms with Gasteiger partial charge in [-0.1, -0.05) is 45.9 Å². The van der Waals surface area contributed by atoms with Crippen LogP contribution in [-0.4, -0.2) is 81.6 Å². The normalized spacial score (nSPS) is 28.0. The lowest BCUT2D eigenvalue weighted by atomic mass is 9.85. The number of nitrogens with zero attached hydrogens (tertiary/aromatic N) is 1. The molecule has 2 aliphatic heterocycles. The molecule has 2 aliphatic rings. The first-order chi connectivity index (χ1) is 18.1. The summed E-state index contributed by atoms with van der Waals surface area (Å²) in [6.45, 7) is 16.2. The van der Waals surface area contributed by atoms with E-state index in [1.165, 1.54) is 7.11 Å². The van der Waals surface area contributed by atoms with Gasteiger partial charge in [0.1, 0.15) is 6.04 Å². The number of ether oxygens (including phenoxy) is 3. The van der Waals surface area contributed by atoms with Crippen molar-refractivity contribution in [1.29, 1.82) is 0 Å². The summed E-state index contributed by atoms with van der Waals surface area (Å²) in [5, 5.41) is 11.7. The summed E-state index contributed by atoms with van der Waals surface area (Å²) in [5.74, 6) is -2.48. The highest BCUT2D eigenvalue weighted by atomic mass is 28.4. The van der Waals surface area contributed by atoms with Crippen LogP contribution in [0.15, 0.2) is 23.8 Å². The van der Waals surface area contributed by atoms with Crippen LogP contribution >= 0.6 is 0 Å². The molecule has 0 unspecified atom stereocenters. The van der Waals surface area contributed by atoms with Crippen molar-refractivity contribution in [1.82, 2.24) is 4.90 Å². The molecule has 5 atom stereocenters. The smallest absolute Gasteiger partial charge is 0.328 e. The van der Waals surface area contributed by atoms with E-state index in [4.69, 9.17) is 18.6 Å². The molecule has 224 valence electrons. The van der Waals surface area contributed by atoms with Gasteiger partial charge in [-0.15, -0.1) is 0 Å². The topological polar surface area (TPSA) is 94.5 Å². The monoisotopic (exact) mass is 567 g/mol. The van der Waals surface area contributed by atoms with Crippen molar-refractivity contribution in [2.75, 3.05) is 27.4 Å². The van der Waals surface area contributed by atoms with Gasteiger partial charge in [0, 0.05) is 26.0 Å². The molecule has 0 aromatic heterocycles. The maximum atomic E-state index is 13.3. The second kappa shape index (κ2) is 14.4. The summed E-state index contributed by atoms with van der Waals surface area (Å²) >= 11 is 0. The number of methoxy groups -OCH3 is 2. The maximum Gasteiger partial charge on any atom is 0.328 e. The van der Waals surface area contributed by atoms with Crippen molar-refractivity contribution in [3.8, 4) is 0 Å². The Kier molecular flexibility index (Phi) is 12.4. The second-order valence-corrected chi connectivity index (χ2v) is 17.5. The van der Waals surface area contributed by atoms with Crippen LogP contribution in [0.4, 0.5) is 0 Å². The molecule has 8 nitrogen and oxygen atoms in total. The third kappa shape index (κ3) is 9.25. The summed E-state index contributed by atoms with van der Waals surface area (Å²) in [6.07, 6.45) is 9.81. The van der Waals surface area contributed by atoms with Gasteiger partial charge in [-0.3, -0.25) is 4.79 Å². The summed E-state index contributed by atoms with van der Waals surface area (Å²) < 4.78 is 23.1. The third-order valence-electron chi connectivity index (χ3n) is 8.87. The van der Waals surface area contributed by atoms with Crippen LogP contribution in [-0.2, 0) is 28.2 Å². The van der Waals surface area contributed by atoms with Crippen molar-refractivity contribution in [2.45, 2.75) is 122 Å². The van der Waals surface area contributed by atoms with Gasteiger partial charge < -0.3 is 28.6 Å². The SMILES string of the molecule is COC(=O)[C@@H]1CCCCN1C(=O)C[C@]1(O)O[C@H](C[C@H](OC)/C(C)=C/C=C/CO[Si](C)(C)C(C)(C)C)CC[C@H]1C. The molecule has 1 amide bonds. The fourth-order valence-corrected chi connectivity index (χ4v) is 5.94. The number of likely N-dealkylation sites (tertiary alicyclic amines) is 1. The van der Waals surface area contributed by atoms with Crippen LogP contribution in [0.1, 0.15) is 79.6 Å². The number of amides is 1. The fourth-order valence-electron chi connectivity index (χ4n) is 5.00. The molecular weight excluding hydrogens is 514 g/mol. The van der Waals surface area contributed by atoms with Gasteiger partial charge in [-0.25, -0.2) is 4.79 Å². The van der Waals surface area contributed by atoms with Crippen molar-refractivity contribution in [2.24, 2.45) is 5.92 Å². The van der Waals surface area contributed by atoms with Gasteiger partial charge in [-0.05, 0) is 62.7 Å². The second-order valence-electron chi connectivity index (χ2n) is 12.7. The lowest BCUT2D eigenvalue weighted by molar-refractivity contribution is -0.284. The van der Waals surface area contributed by atoms with Crippen molar-refractivity contribution in [3.05, 3.63) is 23.8 Å². The zero-order chi connectivity index (χ0) is 29.4. The van der Waals surface area contributed by atoms with Gasteiger partial charge in [0.05, 0.1) is 32.3 Å². The number of esters is 1. The molecule has 0 aromatic carbocycles. The average Bonchev–Trinajstić information content (AvgIpc) is 2.87. The Hall–Kier alpha value is -1.52.